The Hall–Kier alpha value is -2.40. The van der Waals surface area contributed by atoms with Gasteiger partial charge >= 0.3 is 6.18 Å². The van der Waals surface area contributed by atoms with Crippen LogP contribution in [0, 0.1) is 0 Å². The number of hydrogen-bond donors (Lipinski definition) is 0. The van der Waals surface area contributed by atoms with E-state index in [4.69, 9.17) is 0 Å². The lowest BCUT2D eigenvalue weighted by atomic mass is 10.2. The van der Waals surface area contributed by atoms with Crippen LogP contribution in [-0.2, 0) is 16.2 Å². The molecule has 2 fully saturated rings. The summed E-state index contributed by atoms with van der Waals surface area (Å²) in [6, 6.07) is 5.77. The fourth-order valence-electron chi connectivity index (χ4n) is 3.77. The maximum Gasteiger partial charge on any atom is 0.416 e. The monoisotopic (exact) mass is 441 g/mol. The molecule has 0 atom stereocenters. The van der Waals surface area contributed by atoms with Gasteiger partial charge in [-0.1, -0.05) is 6.07 Å². The third kappa shape index (κ3) is 4.22. The number of sulfonamides is 1. The maximum atomic E-state index is 13.0. The van der Waals surface area contributed by atoms with Crippen LogP contribution in [0.2, 0.25) is 0 Å². The summed E-state index contributed by atoms with van der Waals surface area (Å²) in [5.41, 5.74) is -0.974. The first-order valence-corrected chi connectivity index (χ1v) is 11.2. The van der Waals surface area contributed by atoms with Crippen LogP contribution in [0.4, 0.5) is 24.8 Å². The van der Waals surface area contributed by atoms with Crippen molar-refractivity contribution < 1.29 is 21.6 Å². The Morgan fingerprint density at radius 1 is 0.833 bits per heavy atom. The minimum atomic E-state index is -4.59. The van der Waals surface area contributed by atoms with E-state index in [1.165, 1.54) is 16.7 Å². The standard InChI is InChI=1S/C19H22F3N5O2S/c20-19(21,22)15-4-3-5-16(12-15)30(28,29)27-10-8-26(9-11-27)18-13-17(23-14-24-18)25-6-1-2-7-25/h3-5,12-14H,1-2,6-11H2. The minimum Gasteiger partial charge on any atom is -0.356 e. The van der Waals surface area contributed by atoms with E-state index >= 15 is 0 Å². The highest BCUT2D eigenvalue weighted by molar-refractivity contribution is 7.89. The molecule has 2 aliphatic heterocycles. The first kappa shape index (κ1) is 20.9. The van der Waals surface area contributed by atoms with Crippen LogP contribution in [0.5, 0.6) is 0 Å². The highest BCUT2D eigenvalue weighted by Gasteiger charge is 2.34. The van der Waals surface area contributed by atoms with Crippen LogP contribution in [-0.4, -0.2) is 62.0 Å². The molecule has 0 amide bonds. The lowest BCUT2D eigenvalue weighted by molar-refractivity contribution is -0.137. The fourth-order valence-corrected chi connectivity index (χ4v) is 5.24. The minimum absolute atomic E-state index is 0.168. The number of hydrogen-bond acceptors (Lipinski definition) is 6. The number of nitrogens with zero attached hydrogens (tertiary/aromatic N) is 5. The lowest BCUT2D eigenvalue weighted by Crippen LogP contribution is -2.49. The van der Waals surface area contributed by atoms with Crippen LogP contribution in [0.3, 0.4) is 0 Å². The molecule has 0 unspecified atom stereocenters. The first-order valence-electron chi connectivity index (χ1n) is 9.74. The van der Waals surface area contributed by atoms with Crippen LogP contribution < -0.4 is 9.80 Å². The third-order valence-electron chi connectivity index (χ3n) is 5.43. The predicted molar refractivity (Wildman–Crippen MR) is 106 cm³/mol. The summed E-state index contributed by atoms with van der Waals surface area (Å²) in [5, 5.41) is 0. The topological polar surface area (TPSA) is 69.6 Å². The van der Waals surface area contributed by atoms with Gasteiger partial charge in [-0.3, -0.25) is 0 Å². The Labute approximate surface area is 173 Å². The van der Waals surface area contributed by atoms with E-state index in [0.717, 1.165) is 49.7 Å². The van der Waals surface area contributed by atoms with Crippen molar-refractivity contribution in [2.24, 2.45) is 0 Å². The Morgan fingerprint density at radius 3 is 2.03 bits per heavy atom. The van der Waals surface area contributed by atoms with Crippen molar-refractivity contribution in [3.63, 3.8) is 0 Å². The van der Waals surface area contributed by atoms with Gasteiger partial charge in [0.1, 0.15) is 18.0 Å². The molecule has 30 heavy (non-hydrogen) atoms. The van der Waals surface area contributed by atoms with Gasteiger partial charge in [0.15, 0.2) is 0 Å². The van der Waals surface area contributed by atoms with Crippen molar-refractivity contribution in [2.75, 3.05) is 49.1 Å². The maximum absolute atomic E-state index is 13.0. The van der Waals surface area contributed by atoms with Gasteiger partial charge in [0.05, 0.1) is 10.5 Å². The number of piperazine rings is 1. The largest absolute Gasteiger partial charge is 0.416 e. The second kappa shape index (κ2) is 8.03. The summed E-state index contributed by atoms with van der Waals surface area (Å²) in [6.45, 7) is 3.05. The molecule has 0 saturated carbocycles. The van der Waals surface area contributed by atoms with Crippen molar-refractivity contribution in [3.05, 3.63) is 42.2 Å². The number of anilines is 2. The number of aromatic nitrogens is 2. The summed E-state index contributed by atoms with van der Waals surface area (Å²) < 4.78 is 65.8. The summed E-state index contributed by atoms with van der Waals surface area (Å²) in [4.78, 5) is 12.5. The van der Waals surface area contributed by atoms with Gasteiger partial charge < -0.3 is 9.80 Å². The molecule has 1 aromatic heterocycles. The molecule has 2 saturated heterocycles. The number of rotatable bonds is 4. The summed E-state index contributed by atoms with van der Waals surface area (Å²) >= 11 is 0. The average molecular weight is 441 g/mol. The second-order valence-corrected chi connectivity index (χ2v) is 9.28. The average Bonchev–Trinajstić information content (AvgIpc) is 3.28. The molecule has 3 heterocycles. The fraction of sp³-hybridized carbons (Fsp3) is 0.474. The smallest absolute Gasteiger partial charge is 0.356 e. The highest BCUT2D eigenvalue weighted by atomic mass is 32.2. The summed E-state index contributed by atoms with van der Waals surface area (Å²) in [7, 11) is -4.01. The number of halogens is 3. The normalized spacial score (nSPS) is 18.8. The Bertz CT molecular complexity index is 1000. The van der Waals surface area contributed by atoms with Gasteiger partial charge in [-0.2, -0.15) is 17.5 Å². The second-order valence-electron chi connectivity index (χ2n) is 7.35. The van der Waals surface area contributed by atoms with Gasteiger partial charge in [-0.05, 0) is 31.0 Å². The molecule has 4 rings (SSSR count). The zero-order valence-electron chi connectivity index (χ0n) is 16.2. The van der Waals surface area contributed by atoms with E-state index in [-0.39, 0.29) is 18.0 Å². The van der Waals surface area contributed by atoms with Crippen LogP contribution in [0.15, 0.2) is 41.6 Å². The first-order chi connectivity index (χ1) is 14.2. The van der Waals surface area contributed by atoms with E-state index in [9.17, 15) is 21.6 Å². The molecule has 0 aliphatic carbocycles. The van der Waals surface area contributed by atoms with Crippen LogP contribution in [0.1, 0.15) is 18.4 Å². The molecule has 7 nitrogen and oxygen atoms in total. The summed E-state index contributed by atoms with van der Waals surface area (Å²) in [5.74, 6) is 1.58. The van der Waals surface area contributed by atoms with Crippen molar-refractivity contribution in [2.45, 2.75) is 23.9 Å². The van der Waals surface area contributed by atoms with Gasteiger partial charge in [0.25, 0.3) is 0 Å². The van der Waals surface area contributed by atoms with E-state index in [2.05, 4.69) is 14.9 Å². The Morgan fingerprint density at radius 2 is 1.43 bits per heavy atom. The highest BCUT2D eigenvalue weighted by Crippen LogP contribution is 2.31. The molecule has 2 aromatic rings. The predicted octanol–water partition coefficient (Wildman–Crippen LogP) is 2.61. The van der Waals surface area contributed by atoms with Crippen molar-refractivity contribution in [3.8, 4) is 0 Å². The number of benzene rings is 1. The molecule has 2 aliphatic rings. The van der Waals surface area contributed by atoms with Gasteiger partial charge in [-0.25, -0.2) is 18.4 Å². The third-order valence-corrected chi connectivity index (χ3v) is 7.32. The van der Waals surface area contributed by atoms with Crippen molar-refractivity contribution in [1.29, 1.82) is 0 Å². The zero-order valence-corrected chi connectivity index (χ0v) is 17.0. The van der Waals surface area contributed by atoms with Crippen LogP contribution >= 0.6 is 0 Å². The quantitative estimate of drug-likeness (QED) is 0.727. The molecule has 0 bridgehead atoms. The summed E-state index contributed by atoms with van der Waals surface area (Å²) in [6.07, 6.45) is -0.824. The molecule has 0 N–H and O–H groups in total. The van der Waals surface area contributed by atoms with Crippen molar-refractivity contribution >= 4 is 21.7 Å². The zero-order chi connectivity index (χ0) is 21.4. The van der Waals surface area contributed by atoms with Crippen LogP contribution in [0.25, 0.3) is 0 Å². The molecule has 0 spiro atoms. The molecular formula is C19H22F3N5O2S. The lowest BCUT2D eigenvalue weighted by Gasteiger charge is -2.35. The molecular weight excluding hydrogens is 419 g/mol. The molecule has 1 aromatic carbocycles. The van der Waals surface area contributed by atoms with Gasteiger partial charge in [0, 0.05) is 45.3 Å². The molecule has 0 radical (unpaired) electrons. The van der Waals surface area contributed by atoms with Gasteiger partial charge in [0.2, 0.25) is 10.0 Å². The van der Waals surface area contributed by atoms with E-state index in [1.54, 1.807) is 0 Å². The van der Waals surface area contributed by atoms with Gasteiger partial charge in [-0.15, -0.1) is 0 Å². The van der Waals surface area contributed by atoms with E-state index < -0.39 is 21.8 Å². The van der Waals surface area contributed by atoms with Crippen molar-refractivity contribution in [1.82, 2.24) is 14.3 Å². The Kier molecular flexibility index (Phi) is 5.58. The molecule has 162 valence electrons. The van der Waals surface area contributed by atoms with E-state index in [0.29, 0.717) is 19.2 Å². The number of alkyl halides is 3. The van der Waals surface area contributed by atoms with E-state index in [1.807, 2.05) is 11.0 Å². The molecule has 11 heteroatoms. The Balaban J connectivity index is 1.46. The SMILES string of the molecule is O=S(=O)(c1cccc(C(F)(F)F)c1)N1CCN(c2cc(N3CCCC3)ncn2)CC1.